The molecule has 1 aromatic carbocycles. The molecule has 1 amide bonds. The summed E-state index contributed by atoms with van der Waals surface area (Å²) in [4.78, 5) is 12.0. The lowest BCUT2D eigenvalue weighted by Gasteiger charge is -2.07. The lowest BCUT2D eigenvalue weighted by Crippen LogP contribution is -2.13. The van der Waals surface area contributed by atoms with Crippen LogP contribution in [0.1, 0.15) is 17.3 Å². The highest BCUT2D eigenvalue weighted by atomic mass is 35.5. The van der Waals surface area contributed by atoms with Crippen molar-refractivity contribution in [2.24, 2.45) is 0 Å². The molecule has 0 aliphatic rings. The first-order chi connectivity index (χ1) is 9.60. The van der Waals surface area contributed by atoms with E-state index in [0.717, 1.165) is 5.75 Å². The van der Waals surface area contributed by atoms with E-state index in [0.29, 0.717) is 12.3 Å². The van der Waals surface area contributed by atoms with Gasteiger partial charge in [-0.3, -0.25) is 4.79 Å². The molecule has 2 rings (SSSR count). The molecule has 7 heteroatoms. The van der Waals surface area contributed by atoms with Crippen molar-refractivity contribution in [3.05, 3.63) is 46.2 Å². The van der Waals surface area contributed by atoms with E-state index in [9.17, 15) is 4.79 Å². The van der Waals surface area contributed by atoms with Gasteiger partial charge >= 0.3 is 0 Å². The Kier molecular flexibility index (Phi) is 4.76. The van der Waals surface area contributed by atoms with Gasteiger partial charge in [0, 0.05) is 5.69 Å². The van der Waals surface area contributed by atoms with Gasteiger partial charge in [0.05, 0.1) is 12.2 Å². The lowest BCUT2D eigenvalue weighted by molar-refractivity contribution is 0.102. The summed E-state index contributed by atoms with van der Waals surface area (Å²) in [6, 6.07) is 8.35. The van der Waals surface area contributed by atoms with Crippen molar-refractivity contribution in [3.8, 4) is 5.75 Å². The number of amides is 1. The number of nitrogens with zero attached hydrogens (tertiary/aromatic N) is 2. The molecule has 104 valence electrons. The second-order valence-corrected chi connectivity index (χ2v) is 4.53. The maximum atomic E-state index is 12.0. The Labute approximate surface area is 125 Å². The first kappa shape index (κ1) is 14.6. The summed E-state index contributed by atoms with van der Waals surface area (Å²) in [6.45, 7) is 2.49. The molecular formula is C13H11Cl2N3O2. The number of carbonyl (C=O) groups excluding carboxylic acids is 1. The monoisotopic (exact) mass is 311 g/mol. The first-order valence-corrected chi connectivity index (χ1v) is 6.58. The number of ether oxygens (including phenoxy) is 1. The van der Waals surface area contributed by atoms with Crippen molar-refractivity contribution >= 4 is 34.8 Å². The highest BCUT2D eigenvalue weighted by Crippen LogP contribution is 2.19. The van der Waals surface area contributed by atoms with Gasteiger partial charge in [0.15, 0.2) is 10.3 Å². The summed E-state index contributed by atoms with van der Waals surface area (Å²) in [5, 5.41) is 9.92. The molecule has 0 spiro atoms. The fourth-order valence-electron chi connectivity index (χ4n) is 1.51. The van der Waals surface area contributed by atoms with Gasteiger partial charge in [-0.2, -0.15) is 0 Å². The smallest absolute Gasteiger partial charge is 0.258 e. The van der Waals surface area contributed by atoms with Gasteiger partial charge in [0.2, 0.25) is 0 Å². The molecule has 2 aromatic rings. The number of hydrogen-bond donors (Lipinski definition) is 1. The third kappa shape index (κ3) is 3.59. The molecular weight excluding hydrogens is 301 g/mol. The van der Waals surface area contributed by atoms with E-state index in [2.05, 4.69) is 15.5 Å². The van der Waals surface area contributed by atoms with Crippen LogP contribution in [-0.2, 0) is 0 Å². The molecule has 0 unspecified atom stereocenters. The zero-order valence-corrected chi connectivity index (χ0v) is 12.1. The van der Waals surface area contributed by atoms with Crippen LogP contribution >= 0.6 is 23.2 Å². The van der Waals surface area contributed by atoms with Crippen LogP contribution in [-0.4, -0.2) is 22.7 Å². The second kappa shape index (κ2) is 6.54. The largest absolute Gasteiger partial charge is 0.494 e. The lowest BCUT2D eigenvalue weighted by atomic mass is 10.2. The van der Waals surface area contributed by atoms with E-state index in [1.165, 1.54) is 6.07 Å². The predicted octanol–water partition coefficient (Wildman–Crippen LogP) is 3.43. The fraction of sp³-hybridized carbons (Fsp3) is 0.154. The van der Waals surface area contributed by atoms with Crippen molar-refractivity contribution in [1.82, 2.24) is 10.2 Å². The van der Waals surface area contributed by atoms with Gasteiger partial charge in [0.25, 0.3) is 5.91 Å². The number of nitrogens with one attached hydrogen (secondary N) is 1. The summed E-state index contributed by atoms with van der Waals surface area (Å²) in [5.41, 5.74) is 0.781. The average Bonchev–Trinajstić information content (AvgIpc) is 2.44. The quantitative estimate of drug-likeness (QED) is 0.939. The average molecular weight is 312 g/mol. The predicted molar refractivity (Wildman–Crippen MR) is 77.6 cm³/mol. The molecule has 0 bridgehead atoms. The van der Waals surface area contributed by atoms with Crippen LogP contribution in [0, 0.1) is 0 Å². The molecule has 0 aliphatic heterocycles. The van der Waals surface area contributed by atoms with E-state index in [-0.39, 0.29) is 15.9 Å². The molecule has 1 aromatic heterocycles. The number of anilines is 1. The van der Waals surface area contributed by atoms with Crippen molar-refractivity contribution in [2.75, 3.05) is 11.9 Å². The second-order valence-electron chi connectivity index (χ2n) is 3.78. The minimum absolute atomic E-state index is 0.00200. The van der Waals surface area contributed by atoms with Crippen LogP contribution in [0.4, 0.5) is 5.69 Å². The summed E-state index contributed by atoms with van der Waals surface area (Å²) >= 11 is 11.5. The van der Waals surface area contributed by atoms with Gasteiger partial charge in [-0.15, -0.1) is 10.2 Å². The Morgan fingerprint density at radius 3 is 2.60 bits per heavy atom. The number of halogens is 2. The molecule has 0 radical (unpaired) electrons. The maximum Gasteiger partial charge on any atom is 0.258 e. The van der Waals surface area contributed by atoms with E-state index in [1.807, 2.05) is 6.92 Å². The van der Waals surface area contributed by atoms with Gasteiger partial charge < -0.3 is 10.1 Å². The highest BCUT2D eigenvalue weighted by Gasteiger charge is 2.13. The topological polar surface area (TPSA) is 64.1 Å². The van der Waals surface area contributed by atoms with Gasteiger partial charge in [-0.05, 0) is 37.3 Å². The minimum atomic E-state index is -0.407. The number of rotatable bonds is 4. The molecule has 0 atom stereocenters. The van der Waals surface area contributed by atoms with Crippen LogP contribution in [0.2, 0.25) is 10.3 Å². The fourth-order valence-corrected chi connectivity index (χ4v) is 1.84. The maximum absolute atomic E-state index is 12.0. The van der Waals surface area contributed by atoms with Crippen LogP contribution in [0.25, 0.3) is 0 Å². The zero-order chi connectivity index (χ0) is 14.5. The third-order valence-electron chi connectivity index (χ3n) is 2.39. The van der Waals surface area contributed by atoms with E-state index >= 15 is 0 Å². The normalized spacial score (nSPS) is 10.2. The van der Waals surface area contributed by atoms with Gasteiger partial charge in [-0.25, -0.2) is 0 Å². The Morgan fingerprint density at radius 2 is 1.95 bits per heavy atom. The van der Waals surface area contributed by atoms with Gasteiger partial charge in [0.1, 0.15) is 5.75 Å². The molecule has 5 nitrogen and oxygen atoms in total. The number of hydrogen-bond acceptors (Lipinski definition) is 4. The van der Waals surface area contributed by atoms with Crippen molar-refractivity contribution in [2.45, 2.75) is 6.92 Å². The number of aromatic nitrogens is 2. The molecule has 0 saturated carbocycles. The van der Waals surface area contributed by atoms with Crippen LogP contribution in [0.15, 0.2) is 30.3 Å². The highest BCUT2D eigenvalue weighted by molar-refractivity contribution is 6.34. The van der Waals surface area contributed by atoms with Crippen molar-refractivity contribution < 1.29 is 9.53 Å². The first-order valence-electron chi connectivity index (χ1n) is 5.83. The standard InChI is InChI=1S/C13H11Cl2N3O2/c1-2-20-9-5-3-8(4-6-9)16-13(19)10-7-11(14)17-18-12(10)15/h3-7H,2H2,1H3,(H,16,19). The van der Waals surface area contributed by atoms with Gasteiger partial charge in [-0.1, -0.05) is 23.2 Å². The summed E-state index contributed by atoms with van der Waals surface area (Å²) in [6.07, 6.45) is 0. The summed E-state index contributed by atoms with van der Waals surface area (Å²) in [7, 11) is 0. The Morgan fingerprint density at radius 1 is 1.25 bits per heavy atom. The zero-order valence-electron chi connectivity index (χ0n) is 10.6. The molecule has 0 saturated heterocycles. The molecule has 20 heavy (non-hydrogen) atoms. The van der Waals surface area contributed by atoms with E-state index in [1.54, 1.807) is 24.3 Å². The minimum Gasteiger partial charge on any atom is -0.494 e. The van der Waals surface area contributed by atoms with E-state index < -0.39 is 5.91 Å². The Balaban J connectivity index is 2.13. The van der Waals surface area contributed by atoms with Crippen LogP contribution < -0.4 is 10.1 Å². The van der Waals surface area contributed by atoms with Crippen molar-refractivity contribution in [3.63, 3.8) is 0 Å². The van der Waals surface area contributed by atoms with Crippen molar-refractivity contribution in [1.29, 1.82) is 0 Å². The SMILES string of the molecule is CCOc1ccc(NC(=O)c2cc(Cl)nnc2Cl)cc1. The van der Waals surface area contributed by atoms with Crippen LogP contribution in [0.5, 0.6) is 5.75 Å². The summed E-state index contributed by atoms with van der Waals surface area (Å²) in [5.74, 6) is 0.327. The molecule has 0 aliphatic carbocycles. The number of benzene rings is 1. The molecule has 1 heterocycles. The number of carbonyl (C=O) groups is 1. The van der Waals surface area contributed by atoms with Crippen LogP contribution in [0.3, 0.4) is 0 Å². The molecule has 1 N–H and O–H groups in total. The summed E-state index contributed by atoms with van der Waals surface area (Å²) < 4.78 is 5.32. The Hall–Kier alpha value is -1.85. The molecule has 0 fully saturated rings. The third-order valence-corrected chi connectivity index (χ3v) is 2.85. The van der Waals surface area contributed by atoms with E-state index in [4.69, 9.17) is 27.9 Å². The Bertz CT molecular complexity index is 618.